The van der Waals surface area contributed by atoms with Crippen molar-refractivity contribution < 1.29 is 4.84 Å². The largest absolute Gasteiger partial charge is 0.298 e. The zero-order valence-corrected chi connectivity index (χ0v) is 7.57. The molecule has 13 heavy (non-hydrogen) atoms. The van der Waals surface area contributed by atoms with Gasteiger partial charge < -0.3 is 0 Å². The average molecular weight is 175 g/mol. The van der Waals surface area contributed by atoms with Gasteiger partial charge in [0.2, 0.25) is 0 Å². The van der Waals surface area contributed by atoms with Gasteiger partial charge in [0.25, 0.3) is 0 Å². The SMILES string of the molecule is c1ccc2c(c1)CCN1OCCC21. The van der Waals surface area contributed by atoms with Crippen molar-refractivity contribution >= 4 is 0 Å². The molecule has 0 bridgehead atoms. The van der Waals surface area contributed by atoms with Gasteiger partial charge in [0.05, 0.1) is 12.6 Å². The predicted molar refractivity (Wildman–Crippen MR) is 50.2 cm³/mol. The number of rotatable bonds is 0. The van der Waals surface area contributed by atoms with Crippen LogP contribution in [0.15, 0.2) is 24.3 Å². The lowest BCUT2D eigenvalue weighted by Crippen LogP contribution is -2.29. The van der Waals surface area contributed by atoms with E-state index in [1.165, 1.54) is 11.1 Å². The Hall–Kier alpha value is -0.860. The van der Waals surface area contributed by atoms with Crippen LogP contribution in [0, 0.1) is 0 Å². The number of nitrogens with zero attached hydrogens (tertiary/aromatic N) is 1. The van der Waals surface area contributed by atoms with Gasteiger partial charge in [-0.15, -0.1) is 0 Å². The second-order valence-electron chi connectivity index (χ2n) is 3.73. The standard InChI is InChI=1S/C11H13NO/c1-2-4-10-9(3-1)5-7-12-11(10)6-8-13-12/h1-4,11H,5-8H2. The van der Waals surface area contributed by atoms with Crippen molar-refractivity contribution in [2.24, 2.45) is 0 Å². The Morgan fingerprint density at radius 1 is 1.31 bits per heavy atom. The molecule has 1 aromatic rings. The summed E-state index contributed by atoms with van der Waals surface area (Å²) < 4.78 is 0. The molecule has 1 atom stereocenters. The van der Waals surface area contributed by atoms with E-state index in [9.17, 15) is 0 Å². The van der Waals surface area contributed by atoms with Gasteiger partial charge >= 0.3 is 0 Å². The van der Waals surface area contributed by atoms with Crippen LogP contribution in [0.4, 0.5) is 0 Å². The van der Waals surface area contributed by atoms with Crippen molar-refractivity contribution in [1.82, 2.24) is 5.06 Å². The van der Waals surface area contributed by atoms with E-state index >= 15 is 0 Å². The van der Waals surface area contributed by atoms with Crippen LogP contribution in [0.2, 0.25) is 0 Å². The molecule has 2 nitrogen and oxygen atoms in total. The highest BCUT2D eigenvalue weighted by atomic mass is 16.7. The number of hydrogen-bond acceptors (Lipinski definition) is 2. The molecule has 0 spiro atoms. The molecule has 0 radical (unpaired) electrons. The number of hydroxylamine groups is 2. The summed E-state index contributed by atoms with van der Waals surface area (Å²) in [6, 6.07) is 9.27. The van der Waals surface area contributed by atoms with E-state index in [-0.39, 0.29) is 0 Å². The number of fused-ring (bicyclic) bond motifs is 3. The number of benzene rings is 1. The molecule has 0 aromatic heterocycles. The van der Waals surface area contributed by atoms with Crippen LogP contribution >= 0.6 is 0 Å². The van der Waals surface area contributed by atoms with Crippen molar-refractivity contribution in [2.75, 3.05) is 13.2 Å². The fourth-order valence-corrected chi connectivity index (χ4v) is 2.36. The van der Waals surface area contributed by atoms with Gasteiger partial charge in [0.15, 0.2) is 0 Å². The maximum atomic E-state index is 5.55. The molecule has 2 heterocycles. The van der Waals surface area contributed by atoms with E-state index in [2.05, 4.69) is 29.3 Å². The quantitative estimate of drug-likeness (QED) is 0.597. The van der Waals surface area contributed by atoms with Crippen molar-refractivity contribution in [2.45, 2.75) is 18.9 Å². The monoisotopic (exact) mass is 175 g/mol. The first-order valence-electron chi connectivity index (χ1n) is 4.92. The molecule has 1 saturated heterocycles. The van der Waals surface area contributed by atoms with Gasteiger partial charge in [-0.3, -0.25) is 4.84 Å². The van der Waals surface area contributed by atoms with Gasteiger partial charge in [-0.2, -0.15) is 5.06 Å². The van der Waals surface area contributed by atoms with Gasteiger partial charge in [0, 0.05) is 6.54 Å². The third-order valence-electron chi connectivity index (χ3n) is 3.01. The van der Waals surface area contributed by atoms with Crippen LogP contribution in [-0.2, 0) is 11.3 Å². The van der Waals surface area contributed by atoms with Gasteiger partial charge in [-0.1, -0.05) is 24.3 Å². The molecule has 1 unspecified atom stereocenters. The Kier molecular flexibility index (Phi) is 1.64. The summed E-state index contributed by atoms with van der Waals surface area (Å²) in [4.78, 5) is 5.55. The molecular formula is C11H13NO. The Morgan fingerprint density at radius 2 is 2.23 bits per heavy atom. The van der Waals surface area contributed by atoms with Crippen molar-refractivity contribution in [3.05, 3.63) is 35.4 Å². The Morgan fingerprint density at radius 3 is 3.23 bits per heavy atom. The maximum absolute atomic E-state index is 5.55. The molecule has 0 amide bonds. The highest BCUT2D eigenvalue weighted by molar-refractivity contribution is 5.32. The molecule has 3 rings (SSSR count). The lowest BCUT2D eigenvalue weighted by molar-refractivity contribution is -0.136. The van der Waals surface area contributed by atoms with Crippen molar-refractivity contribution in [3.63, 3.8) is 0 Å². The minimum absolute atomic E-state index is 0.532. The zero-order valence-electron chi connectivity index (χ0n) is 7.57. The molecule has 2 aliphatic rings. The van der Waals surface area contributed by atoms with Gasteiger partial charge in [-0.05, 0) is 24.0 Å². The fraction of sp³-hybridized carbons (Fsp3) is 0.455. The summed E-state index contributed by atoms with van der Waals surface area (Å²) in [7, 11) is 0. The van der Waals surface area contributed by atoms with Gasteiger partial charge in [-0.25, -0.2) is 0 Å². The van der Waals surface area contributed by atoms with E-state index in [1.54, 1.807) is 0 Å². The maximum Gasteiger partial charge on any atom is 0.0704 e. The zero-order chi connectivity index (χ0) is 8.67. The average Bonchev–Trinajstić information content (AvgIpc) is 2.65. The van der Waals surface area contributed by atoms with Crippen LogP contribution < -0.4 is 0 Å². The van der Waals surface area contributed by atoms with Crippen LogP contribution in [-0.4, -0.2) is 18.2 Å². The molecule has 68 valence electrons. The summed E-state index contributed by atoms with van der Waals surface area (Å²) in [6.07, 6.45) is 2.28. The first kappa shape index (κ1) is 7.54. The summed E-state index contributed by atoms with van der Waals surface area (Å²) in [5.74, 6) is 0. The van der Waals surface area contributed by atoms with E-state index < -0.39 is 0 Å². The Labute approximate surface area is 78.1 Å². The molecular weight excluding hydrogens is 162 g/mol. The topological polar surface area (TPSA) is 12.5 Å². The van der Waals surface area contributed by atoms with Crippen LogP contribution in [0.3, 0.4) is 0 Å². The molecule has 0 N–H and O–H groups in total. The minimum Gasteiger partial charge on any atom is -0.298 e. The Balaban J connectivity index is 2.06. The molecule has 1 fully saturated rings. The summed E-state index contributed by atoms with van der Waals surface area (Å²) in [5.41, 5.74) is 2.99. The second-order valence-corrected chi connectivity index (χ2v) is 3.73. The molecule has 2 heteroatoms. The highest BCUT2D eigenvalue weighted by Gasteiger charge is 2.31. The number of hydrogen-bond donors (Lipinski definition) is 0. The summed E-state index contributed by atoms with van der Waals surface area (Å²) >= 11 is 0. The normalized spacial score (nSPS) is 26.9. The second kappa shape index (κ2) is 2.82. The lowest BCUT2D eigenvalue weighted by Gasteiger charge is -2.29. The highest BCUT2D eigenvalue weighted by Crippen LogP contribution is 2.35. The predicted octanol–water partition coefficient (Wildman–Crippen LogP) is 1.92. The smallest absolute Gasteiger partial charge is 0.0704 e. The van der Waals surface area contributed by atoms with E-state index in [4.69, 9.17) is 4.84 Å². The third-order valence-corrected chi connectivity index (χ3v) is 3.01. The molecule has 1 aromatic carbocycles. The van der Waals surface area contributed by atoms with E-state index in [0.717, 1.165) is 26.0 Å². The van der Waals surface area contributed by atoms with E-state index in [1.807, 2.05) is 0 Å². The summed E-state index contributed by atoms with van der Waals surface area (Å²) in [6.45, 7) is 1.95. The van der Waals surface area contributed by atoms with Crippen LogP contribution in [0.5, 0.6) is 0 Å². The van der Waals surface area contributed by atoms with Crippen LogP contribution in [0.25, 0.3) is 0 Å². The molecule has 0 saturated carbocycles. The fourth-order valence-electron chi connectivity index (χ4n) is 2.36. The molecule has 2 aliphatic heterocycles. The van der Waals surface area contributed by atoms with E-state index in [0.29, 0.717) is 6.04 Å². The first-order chi connectivity index (χ1) is 6.45. The molecule has 0 aliphatic carbocycles. The lowest BCUT2D eigenvalue weighted by atomic mass is 9.93. The summed E-state index contributed by atoms with van der Waals surface area (Å²) in [5, 5.41) is 2.14. The Bertz CT molecular complexity index is 324. The van der Waals surface area contributed by atoms with Crippen LogP contribution in [0.1, 0.15) is 23.6 Å². The van der Waals surface area contributed by atoms with Gasteiger partial charge in [0.1, 0.15) is 0 Å². The van der Waals surface area contributed by atoms with Crippen molar-refractivity contribution in [3.8, 4) is 0 Å². The third kappa shape index (κ3) is 1.10. The minimum atomic E-state index is 0.532. The van der Waals surface area contributed by atoms with Crippen molar-refractivity contribution in [1.29, 1.82) is 0 Å². The first-order valence-corrected chi connectivity index (χ1v) is 4.92.